The van der Waals surface area contributed by atoms with Crippen LogP contribution in [0.3, 0.4) is 0 Å². The van der Waals surface area contributed by atoms with E-state index in [1.54, 1.807) is 5.56 Å². The van der Waals surface area contributed by atoms with E-state index >= 15 is 0 Å². The van der Waals surface area contributed by atoms with Crippen LogP contribution in [0, 0.1) is 19.8 Å². The van der Waals surface area contributed by atoms with Crippen molar-refractivity contribution in [2.24, 2.45) is 5.92 Å². The van der Waals surface area contributed by atoms with Gasteiger partial charge in [0.2, 0.25) is 0 Å². The van der Waals surface area contributed by atoms with Crippen LogP contribution in [0.2, 0.25) is 0 Å². The van der Waals surface area contributed by atoms with Crippen LogP contribution in [0.5, 0.6) is 0 Å². The highest BCUT2D eigenvalue weighted by atomic mass is 14.3. The molecular weight excluding hydrogens is 192 g/mol. The first-order valence-corrected chi connectivity index (χ1v) is 6.76. The smallest absolute Gasteiger partial charge is 0.0159 e. The number of hydrogen-bond donors (Lipinski definition) is 0. The zero-order valence-corrected chi connectivity index (χ0v) is 10.9. The zero-order chi connectivity index (χ0) is 11.5. The predicted molar refractivity (Wildman–Crippen MR) is 70.9 cm³/mol. The van der Waals surface area contributed by atoms with E-state index < -0.39 is 0 Å². The van der Waals surface area contributed by atoms with Crippen LogP contribution in [0.1, 0.15) is 61.6 Å². The highest BCUT2D eigenvalue weighted by molar-refractivity contribution is 5.35. The summed E-state index contributed by atoms with van der Waals surface area (Å²) < 4.78 is 0. The van der Waals surface area contributed by atoms with Crippen molar-refractivity contribution in [2.45, 2.75) is 58.8 Å². The molecule has 1 aliphatic rings. The highest BCUT2D eigenvalue weighted by Gasteiger charge is 2.22. The lowest BCUT2D eigenvalue weighted by molar-refractivity contribution is 0.315. The summed E-state index contributed by atoms with van der Waals surface area (Å²) in [5.74, 6) is 1.68. The molecule has 1 aromatic rings. The molecule has 1 aromatic carbocycles. The van der Waals surface area contributed by atoms with Crippen molar-refractivity contribution < 1.29 is 0 Å². The summed E-state index contributed by atoms with van der Waals surface area (Å²) in [6.07, 6.45) is 7.22. The molecule has 0 heteroatoms. The fraction of sp³-hybridized carbons (Fsp3) is 0.625. The molecule has 16 heavy (non-hydrogen) atoms. The molecule has 1 saturated carbocycles. The third-order valence-electron chi connectivity index (χ3n) is 4.49. The van der Waals surface area contributed by atoms with Crippen LogP contribution in [0.25, 0.3) is 0 Å². The minimum atomic E-state index is 0.750. The lowest BCUT2D eigenvalue weighted by Crippen LogP contribution is -2.15. The molecule has 0 spiro atoms. The van der Waals surface area contributed by atoms with E-state index in [2.05, 4.69) is 39.0 Å². The summed E-state index contributed by atoms with van der Waals surface area (Å²) in [4.78, 5) is 0. The minimum Gasteiger partial charge on any atom is -0.0617 e. The van der Waals surface area contributed by atoms with Gasteiger partial charge in [0.25, 0.3) is 0 Å². The first-order chi connectivity index (χ1) is 7.70. The van der Waals surface area contributed by atoms with Gasteiger partial charge < -0.3 is 0 Å². The van der Waals surface area contributed by atoms with Crippen LogP contribution >= 0.6 is 0 Å². The Morgan fingerprint density at radius 3 is 2.44 bits per heavy atom. The van der Waals surface area contributed by atoms with Crippen molar-refractivity contribution in [3.05, 3.63) is 34.9 Å². The van der Waals surface area contributed by atoms with Gasteiger partial charge in [-0.25, -0.2) is 0 Å². The number of hydrogen-bond acceptors (Lipinski definition) is 0. The van der Waals surface area contributed by atoms with E-state index in [9.17, 15) is 0 Å². The monoisotopic (exact) mass is 216 g/mol. The predicted octanol–water partition coefficient (Wildman–Crippen LogP) is 4.99. The molecule has 0 amide bonds. The van der Waals surface area contributed by atoms with Gasteiger partial charge in [-0.15, -0.1) is 0 Å². The Hall–Kier alpha value is -0.780. The Kier molecular flexibility index (Phi) is 3.68. The van der Waals surface area contributed by atoms with Gasteiger partial charge in [-0.1, -0.05) is 44.4 Å². The fourth-order valence-electron chi connectivity index (χ4n) is 3.16. The molecule has 0 aromatic heterocycles. The fourth-order valence-corrected chi connectivity index (χ4v) is 3.16. The number of aryl methyl sites for hydroxylation is 1. The Morgan fingerprint density at radius 1 is 1.06 bits per heavy atom. The third kappa shape index (κ3) is 2.31. The minimum absolute atomic E-state index is 0.750. The lowest BCUT2D eigenvalue weighted by atomic mass is 9.76. The summed E-state index contributed by atoms with van der Waals surface area (Å²) in [5.41, 5.74) is 4.55. The van der Waals surface area contributed by atoms with Crippen molar-refractivity contribution >= 4 is 0 Å². The van der Waals surface area contributed by atoms with Gasteiger partial charge in [-0.3, -0.25) is 0 Å². The van der Waals surface area contributed by atoms with Crippen LogP contribution in [-0.4, -0.2) is 0 Å². The van der Waals surface area contributed by atoms with E-state index in [1.165, 1.54) is 43.2 Å². The van der Waals surface area contributed by atoms with Gasteiger partial charge in [0, 0.05) is 0 Å². The van der Waals surface area contributed by atoms with E-state index in [4.69, 9.17) is 0 Å². The van der Waals surface area contributed by atoms with Crippen LogP contribution in [0.15, 0.2) is 18.2 Å². The standard InChI is InChI=1S/C16H24/c1-12-8-7-11-16(13(12)2)14(3)15-9-5-4-6-10-15/h7-8,11,14-15H,4-6,9-10H2,1-3H3. The van der Waals surface area contributed by atoms with Crippen molar-refractivity contribution in [2.75, 3.05) is 0 Å². The van der Waals surface area contributed by atoms with E-state index in [0.29, 0.717) is 0 Å². The molecule has 0 heterocycles. The molecule has 0 N–H and O–H groups in total. The molecule has 1 unspecified atom stereocenters. The van der Waals surface area contributed by atoms with Crippen molar-refractivity contribution in [3.63, 3.8) is 0 Å². The van der Waals surface area contributed by atoms with E-state index in [-0.39, 0.29) is 0 Å². The zero-order valence-electron chi connectivity index (χ0n) is 10.9. The van der Waals surface area contributed by atoms with Crippen molar-refractivity contribution in [1.82, 2.24) is 0 Å². The van der Waals surface area contributed by atoms with E-state index in [0.717, 1.165) is 11.8 Å². The topological polar surface area (TPSA) is 0 Å². The van der Waals surface area contributed by atoms with Gasteiger partial charge in [0.05, 0.1) is 0 Å². The highest BCUT2D eigenvalue weighted by Crippen LogP contribution is 2.37. The first kappa shape index (κ1) is 11.7. The second-order valence-corrected chi connectivity index (χ2v) is 5.48. The quantitative estimate of drug-likeness (QED) is 0.653. The Bertz CT molecular complexity index is 345. The normalized spacial score (nSPS) is 19.7. The van der Waals surface area contributed by atoms with Gasteiger partial charge in [-0.2, -0.15) is 0 Å². The molecule has 0 bridgehead atoms. The van der Waals surface area contributed by atoms with Crippen molar-refractivity contribution in [3.8, 4) is 0 Å². The van der Waals surface area contributed by atoms with Crippen LogP contribution in [0.4, 0.5) is 0 Å². The van der Waals surface area contributed by atoms with Gasteiger partial charge >= 0.3 is 0 Å². The van der Waals surface area contributed by atoms with Crippen LogP contribution in [-0.2, 0) is 0 Å². The Labute approximate surface area is 100 Å². The van der Waals surface area contributed by atoms with E-state index in [1.807, 2.05) is 0 Å². The molecule has 2 rings (SSSR count). The molecule has 1 fully saturated rings. The van der Waals surface area contributed by atoms with Gasteiger partial charge in [-0.05, 0) is 55.2 Å². The van der Waals surface area contributed by atoms with Crippen LogP contribution < -0.4 is 0 Å². The second kappa shape index (κ2) is 5.03. The number of benzene rings is 1. The lowest BCUT2D eigenvalue weighted by Gasteiger charge is -2.29. The summed E-state index contributed by atoms with van der Waals surface area (Å²) in [5, 5.41) is 0. The first-order valence-electron chi connectivity index (χ1n) is 6.76. The molecule has 0 nitrogen and oxygen atoms in total. The average molecular weight is 216 g/mol. The largest absolute Gasteiger partial charge is 0.0617 e. The van der Waals surface area contributed by atoms with Gasteiger partial charge in [0.1, 0.15) is 0 Å². The summed E-state index contributed by atoms with van der Waals surface area (Å²) in [7, 11) is 0. The molecule has 88 valence electrons. The summed E-state index contributed by atoms with van der Waals surface area (Å²) in [6, 6.07) is 6.78. The molecule has 0 saturated heterocycles. The molecule has 1 atom stereocenters. The SMILES string of the molecule is Cc1cccc(C(C)C2CCCCC2)c1C. The maximum Gasteiger partial charge on any atom is -0.0159 e. The second-order valence-electron chi connectivity index (χ2n) is 5.48. The Morgan fingerprint density at radius 2 is 1.75 bits per heavy atom. The molecule has 0 aliphatic heterocycles. The maximum atomic E-state index is 2.43. The molecule has 1 aliphatic carbocycles. The number of rotatable bonds is 2. The third-order valence-corrected chi connectivity index (χ3v) is 4.49. The summed E-state index contributed by atoms with van der Waals surface area (Å²) in [6.45, 7) is 6.94. The summed E-state index contributed by atoms with van der Waals surface area (Å²) >= 11 is 0. The van der Waals surface area contributed by atoms with Gasteiger partial charge in [0.15, 0.2) is 0 Å². The maximum absolute atomic E-state index is 2.43. The Balaban J connectivity index is 2.19. The molecular formula is C16H24. The van der Waals surface area contributed by atoms with Crippen molar-refractivity contribution in [1.29, 1.82) is 0 Å². The molecule has 0 radical (unpaired) electrons. The average Bonchev–Trinajstić information content (AvgIpc) is 2.33.